The monoisotopic (exact) mass is 463 g/mol. The van der Waals surface area contributed by atoms with Gasteiger partial charge in [-0.25, -0.2) is 5.43 Å². The van der Waals surface area contributed by atoms with Gasteiger partial charge < -0.3 is 14.8 Å². The molecule has 0 aromatic heterocycles. The van der Waals surface area contributed by atoms with Crippen LogP contribution in [0.3, 0.4) is 0 Å². The Hall–Kier alpha value is -2.28. The number of hydrogen-bond donors (Lipinski definition) is 2. The average Bonchev–Trinajstić information content (AvgIpc) is 2.78. The summed E-state index contributed by atoms with van der Waals surface area (Å²) < 4.78 is 11.3. The molecule has 2 N–H and O–H groups in total. The molecule has 2 aromatic rings. The molecule has 8 heteroatoms. The van der Waals surface area contributed by atoms with Gasteiger partial charge in [0.05, 0.1) is 24.9 Å². The smallest absolute Gasteiger partial charge is 0.254 e. The summed E-state index contributed by atoms with van der Waals surface area (Å²) in [6.45, 7) is 0.578. The molecule has 1 aliphatic carbocycles. The Bertz CT molecular complexity index is 898. The molecule has 0 unspecified atom stereocenters. The van der Waals surface area contributed by atoms with Crippen LogP contribution < -0.4 is 20.2 Å². The Balaban J connectivity index is 1.54. The van der Waals surface area contributed by atoms with Gasteiger partial charge in [0.15, 0.2) is 11.5 Å². The Morgan fingerprint density at radius 1 is 1.16 bits per heavy atom. The molecule has 31 heavy (non-hydrogen) atoms. The van der Waals surface area contributed by atoms with Crippen LogP contribution in [0, 0.1) is 0 Å². The van der Waals surface area contributed by atoms with Gasteiger partial charge in [0, 0.05) is 11.1 Å². The minimum Gasteiger partial charge on any atom is -0.493 e. The fraction of sp³-hybridized carbons (Fsp3) is 0.391. The van der Waals surface area contributed by atoms with Crippen molar-refractivity contribution in [3.05, 3.63) is 57.6 Å². The highest BCUT2D eigenvalue weighted by Crippen LogP contribution is 2.36. The Morgan fingerprint density at radius 3 is 2.61 bits per heavy atom. The van der Waals surface area contributed by atoms with Gasteiger partial charge in [-0.1, -0.05) is 54.6 Å². The number of methoxy groups -OCH3 is 1. The summed E-state index contributed by atoms with van der Waals surface area (Å²) in [7, 11) is 1.54. The van der Waals surface area contributed by atoms with Crippen molar-refractivity contribution in [3.8, 4) is 11.5 Å². The number of amides is 1. The number of benzene rings is 2. The minimum atomic E-state index is -0.178. The Morgan fingerprint density at radius 2 is 1.90 bits per heavy atom. The van der Waals surface area contributed by atoms with E-state index in [0.29, 0.717) is 39.8 Å². The first-order valence-electron chi connectivity index (χ1n) is 10.3. The van der Waals surface area contributed by atoms with E-state index in [-0.39, 0.29) is 12.5 Å². The molecule has 0 bridgehead atoms. The zero-order valence-electron chi connectivity index (χ0n) is 17.5. The quantitative estimate of drug-likeness (QED) is 0.407. The van der Waals surface area contributed by atoms with Crippen molar-refractivity contribution in [1.29, 1.82) is 0 Å². The molecule has 0 saturated heterocycles. The first kappa shape index (κ1) is 23.4. The number of carbonyl (C=O) groups is 1. The first-order valence-corrected chi connectivity index (χ1v) is 11.1. The molecule has 1 saturated carbocycles. The second-order valence-corrected chi connectivity index (χ2v) is 8.30. The third kappa shape index (κ3) is 7.42. The van der Waals surface area contributed by atoms with Gasteiger partial charge in [-0.2, -0.15) is 5.10 Å². The van der Waals surface area contributed by atoms with Crippen LogP contribution in [0.5, 0.6) is 11.5 Å². The van der Waals surface area contributed by atoms with E-state index in [1.54, 1.807) is 31.4 Å². The number of nitrogens with one attached hydrogen (secondary N) is 2. The number of ether oxygens (including phenoxy) is 2. The van der Waals surface area contributed by atoms with Gasteiger partial charge in [0.2, 0.25) is 0 Å². The van der Waals surface area contributed by atoms with Gasteiger partial charge in [0.1, 0.15) is 6.61 Å². The molecule has 0 radical (unpaired) electrons. The fourth-order valence-electron chi connectivity index (χ4n) is 3.45. The second-order valence-electron chi connectivity index (χ2n) is 7.46. The summed E-state index contributed by atoms with van der Waals surface area (Å²) in [6.07, 6.45) is 7.50. The summed E-state index contributed by atoms with van der Waals surface area (Å²) in [5.74, 6) is 0.744. The molecule has 2 aromatic carbocycles. The predicted molar refractivity (Wildman–Crippen MR) is 124 cm³/mol. The molecule has 166 valence electrons. The molecule has 0 spiro atoms. The summed E-state index contributed by atoms with van der Waals surface area (Å²) in [5, 5.41) is 8.36. The van der Waals surface area contributed by atoms with Crippen molar-refractivity contribution in [1.82, 2.24) is 10.7 Å². The van der Waals surface area contributed by atoms with Crippen LogP contribution in [-0.2, 0) is 11.4 Å². The minimum absolute atomic E-state index is 0.178. The summed E-state index contributed by atoms with van der Waals surface area (Å²) >= 11 is 12.3. The maximum atomic E-state index is 12.0. The van der Waals surface area contributed by atoms with Crippen molar-refractivity contribution in [3.63, 3.8) is 0 Å². The van der Waals surface area contributed by atoms with E-state index >= 15 is 0 Å². The lowest BCUT2D eigenvalue weighted by atomic mass is 9.95. The van der Waals surface area contributed by atoms with Crippen LogP contribution in [0.25, 0.3) is 0 Å². The largest absolute Gasteiger partial charge is 0.493 e. The topological polar surface area (TPSA) is 72.0 Å². The average molecular weight is 464 g/mol. The van der Waals surface area contributed by atoms with E-state index < -0.39 is 0 Å². The molecule has 1 amide bonds. The van der Waals surface area contributed by atoms with E-state index in [1.807, 2.05) is 12.1 Å². The van der Waals surface area contributed by atoms with Crippen LogP contribution in [0.1, 0.15) is 43.2 Å². The summed E-state index contributed by atoms with van der Waals surface area (Å²) in [5.41, 5.74) is 4.17. The zero-order valence-corrected chi connectivity index (χ0v) is 19.0. The highest BCUT2D eigenvalue weighted by molar-refractivity contribution is 6.32. The van der Waals surface area contributed by atoms with E-state index in [1.165, 1.54) is 25.5 Å². The normalized spacial score (nSPS) is 14.5. The van der Waals surface area contributed by atoms with Gasteiger partial charge in [-0.15, -0.1) is 0 Å². The van der Waals surface area contributed by atoms with E-state index in [9.17, 15) is 4.79 Å². The van der Waals surface area contributed by atoms with Gasteiger partial charge in [-0.3, -0.25) is 4.79 Å². The van der Waals surface area contributed by atoms with Crippen molar-refractivity contribution in [2.24, 2.45) is 5.10 Å². The van der Waals surface area contributed by atoms with E-state index in [4.69, 9.17) is 32.7 Å². The van der Waals surface area contributed by atoms with Crippen molar-refractivity contribution in [2.45, 2.75) is 44.8 Å². The van der Waals surface area contributed by atoms with Crippen LogP contribution in [-0.4, -0.2) is 31.8 Å². The number of nitrogens with zero attached hydrogens (tertiary/aromatic N) is 1. The molecule has 0 atom stereocenters. The lowest BCUT2D eigenvalue weighted by Gasteiger charge is -2.22. The Labute approximate surface area is 192 Å². The molecule has 1 aliphatic rings. The molecular weight excluding hydrogens is 437 g/mol. The molecule has 1 fully saturated rings. The molecule has 0 aliphatic heterocycles. The van der Waals surface area contributed by atoms with E-state index in [0.717, 1.165) is 18.4 Å². The van der Waals surface area contributed by atoms with Crippen LogP contribution in [0.15, 0.2) is 41.5 Å². The van der Waals surface area contributed by atoms with Crippen molar-refractivity contribution < 1.29 is 14.3 Å². The number of hydrogen-bond acceptors (Lipinski definition) is 5. The maximum absolute atomic E-state index is 12.0. The lowest BCUT2D eigenvalue weighted by molar-refractivity contribution is -0.120. The summed E-state index contributed by atoms with van der Waals surface area (Å²) in [4.78, 5) is 12.0. The van der Waals surface area contributed by atoms with Crippen LogP contribution in [0.4, 0.5) is 0 Å². The van der Waals surface area contributed by atoms with Crippen molar-refractivity contribution in [2.75, 3.05) is 13.7 Å². The number of halogens is 2. The van der Waals surface area contributed by atoms with E-state index in [2.05, 4.69) is 15.8 Å². The first-order chi connectivity index (χ1) is 15.0. The molecule has 3 rings (SSSR count). The van der Waals surface area contributed by atoms with Crippen molar-refractivity contribution >= 4 is 35.3 Å². The third-order valence-electron chi connectivity index (χ3n) is 5.11. The summed E-state index contributed by atoms with van der Waals surface area (Å²) in [6, 6.07) is 11.3. The number of carbonyl (C=O) groups excluding carboxylic acids is 1. The number of rotatable bonds is 9. The highest BCUT2D eigenvalue weighted by Gasteiger charge is 2.14. The fourth-order valence-corrected chi connectivity index (χ4v) is 3.85. The maximum Gasteiger partial charge on any atom is 0.254 e. The van der Waals surface area contributed by atoms with Gasteiger partial charge in [0.25, 0.3) is 5.91 Å². The van der Waals surface area contributed by atoms with Crippen LogP contribution in [0.2, 0.25) is 10.0 Å². The Kier molecular flexibility index (Phi) is 9.00. The van der Waals surface area contributed by atoms with Gasteiger partial charge in [-0.05, 0) is 48.2 Å². The predicted octanol–water partition coefficient (Wildman–Crippen LogP) is 4.95. The lowest BCUT2D eigenvalue weighted by Crippen LogP contribution is -2.38. The molecule has 0 heterocycles. The third-order valence-corrected chi connectivity index (χ3v) is 5.64. The highest BCUT2D eigenvalue weighted by atomic mass is 35.5. The van der Waals surface area contributed by atoms with Crippen LogP contribution >= 0.6 is 23.2 Å². The van der Waals surface area contributed by atoms with Gasteiger partial charge >= 0.3 is 0 Å². The molecule has 6 nitrogen and oxygen atoms in total. The number of hydrazone groups is 1. The zero-order chi connectivity index (χ0) is 22.1. The second kappa shape index (κ2) is 11.9. The molecular formula is C23H27Cl2N3O3. The SMILES string of the molecule is COc1cc(/C=N\NC(=O)CNC2CCCCC2)cc(Cl)c1OCc1ccc(Cl)cc1. The standard InChI is InChI=1S/C23H27Cl2N3O3/c1-30-21-12-17(13-27-28-22(29)14-26-19-5-3-2-4-6-19)11-20(25)23(21)31-15-16-7-9-18(24)10-8-16/h7-13,19,26H,2-6,14-15H2,1H3,(H,28,29)/b27-13-.